The van der Waals surface area contributed by atoms with E-state index in [-0.39, 0.29) is 0 Å². The molecule has 1 unspecified atom stereocenters. The van der Waals surface area contributed by atoms with Gasteiger partial charge in [0.2, 0.25) is 0 Å². The van der Waals surface area contributed by atoms with Crippen LogP contribution >= 0.6 is 0 Å². The van der Waals surface area contributed by atoms with Crippen molar-refractivity contribution < 1.29 is 9.47 Å². The number of para-hydroxylation sites is 1. The van der Waals surface area contributed by atoms with Crippen LogP contribution in [0.25, 0.3) is 0 Å². The monoisotopic (exact) mass is 251 g/mol. The van der Waals surface area contributed by atoms with Crippen molar-refractivity contribution in [2.45, 2.75) is 32.2 Å². The van der Waals surface area contributed by atoms with Crippen LogP contribution in [0.2, 0.25) is 0 Å². The van der Waals surface area contributed by atoms with E-state index in [0.717, 1.165) is 18.8 Å². The SMILES string of the molecule is CNC(C)CCCCOCCOc1ccccc1. The van der Waals surface area contributed by atoms with Gasteiger partial charge >= 0.3 is 0 Å². The van der Waals surface area contributed by atoms with E-state index < -0.39 is 0 Å². The minimum Gasteiger partial charge on any atom is -0.491 e. The summed E-state index contributed by atoms with van der Waals surface area (Å²) in [4.78, 5) is 0. The van der Waals surface area contributed by atoms with Gasteiger partial charge in [0.15, 0.2) is 0 Å². The Morgan fingerprint density at radius 2 is 1.83 bits per heavy atom. The Morgan fingerprint density at radius 3 is 2.56 bits per heavy atom. The zero-order chi connectivity index (χ0) is 13.1. The second-order valence-electron chi connectivity index (χ2n) is 4.46. The third-order valence-electron chi connectivity index (χ3n) is 2.91. The molecule has 3 nitrogen and oxygen atoms in total. The molecule has 18 heavy (non-hydrogen) atoms. The minimum absolute atomic E-state index is 0.603. The summed E-state index contributed by atoms with van der Waals surface area (Å²) in [6.07, 6.45) is 3.54. The summed E-state index contributed by atoms with van der Waals surface area (Å²) in [5, 5.41) is 3.23. The van der Waals surface area contributed by atoms with E-state index in [2.05, 4.69) is 12.2 Å². The van der Waals surface area contributed by atoms with E-state index in [0.29, 0.717) is 19.3 Å². The number of nitrogens with one attached hydrogen (secondary N) is 1. The smallest absolute Gasteiger partial charge is 0.119 e. The summed E-state index contributed by atoms with van der Waals surface area (Å²) in [6.45, 7) is 4.32. The maximum Gasteiger partial charge on any atom is 0.119 e. The molecule has 0 aliphatic rings. The molecule has 0 aliphatic carbocycles. The molecule has 1 N–H and O–H groups in total. The summed E-state index contributed by atoms with van der Waals surface area (Å²) in [5.41, 5.74) is 0. The average Bonchev–Trinajstić information content (AvgIpc) is 2.42. The fourth-order valence-corrected chi connectivity index (χ4v) is 1.64. The molecule has 0 spiro atoms. The van der Waals surface area contributed by atoms with Crippen LogP contribution in [-0.2, 0) is 4.74 Å². The zero-order valence-corrected chi connectivity index (χ0v) is 11.5. The Morgan fingerprint density at radius 1 is 1.06 bits per heavy atom. The van der Waals surface area contributed by atoms with Gasteiger partial charge in [-0.25, -0.2) is 0 Å². The molecule has 1 aromatic rings. The first kappa shape index (κ1) is 15.0. The topological polar surface area (TPSA) is 30.5 Å². The molecule has 1 atom stereocenters. The standard InChI is InChI=1S/C15H25NO2/c1-14(16-2)8-6-7-11-17-12-13-18-15-9-4-3-5-10-15/h3-5,9-10,14,16H,6-8,11-13H2,1-2H3. The summed E-state index contributed by atoms with van der Waals surface area (Å²) in [7, 11) is 2.00. The molecule has 3 heteroatoms. The van der Waals surface area contributed by atoms with Crippen LogP contribution < -0.4 is 10.1 Å². The molecule has 0 radical (unpaired) electrons. The van der Waals surface area contributed by atoms with Crippen molar-refractivity contribution in [3.63, 3.8) is 0 Å². The highest BCUT2D eigenvalue weighted by atomic mass is 16.5. The molecule has 0 aromatic heterocycles. The minimum atomic E-state index is 0.603. The maximum absolute atomic E-state index is 5.53. The van der Waals surface area contributed by atoms with Crippen LogP contribution in [0.1, 0.15) is 26.2 Å². The number of hydrogen-bond acceptors (Lipinski definition) is 3. The lowest BCUT2D eigenvalue weighted by molar-refractivity contribution is 0.0968. The molecular weight excluding hydrogens is 226 g/mol. The van der Waals surface area contributed by atoms with Crippen LogP contribution in [0.3, 0.4) is 0 Å². The van der Waals surface area contributed by atoms with Crippen LogP contribution in [0.5, 0.6) is 5.75 Å². The molecule has 0 aliphatic heterocycles. The largest absolute Gasteiger partial charge is 0.491 e. The van der Waals surface area contributed by atoms with Gasteiger partial charge in [-0.3, -0.25) is 0 Å². The van der Waals surface area contributed by atoms with Gasteiger partial charge in [-0.05, 0) is 45.4 Å². The molecule has 0 fully saturated rings. The number of rotatable bonds is 10. The van der Waals surface area contributed by atoms with E-state index in [1.807, 2.05) is 37.4 Å². The maximum atomic E-state index is 5.53. The van der Waals surface area contributed by atoms with Gasteiger partial charge in [0, 0.05) is 12.6 Å². The van der Waals surface area contributed by atoms with Crippen molar-refractivity contribution in [3.8, 4) is 5.75 Å². The molecule has 1 rings (SSSR count). The molecular formula is C15H25NO2. The fraction of sp³-hybridized carbons (Fsp3) is 0.600. The van der Waals surface area contributed by atoms with E-state index in [1.54, 1.807) is 0 Å². The van der Waals surface area contributed by atoms with Crippen LogP contribution in [0.15, 0.2) is 30.3 Å². The van der Waals surface area contributed by atoms with Crippen LogP contribution in [0.4, 0.5) is 0 Å². The summed E-state index contributed by atoms with van der Waals surface area (Å²) in [5.74, 6) is 0.906. The quantitative estimate of drug-likeness (QED) is 0.649. The van der Waals surface area contributed by atoms with Crippen molar-refractivity contribution >= 4 is 0 Å². The predicted molar refractivity (Wildman–Crippen MR) is 75.1 cm³/mol. The van der Waals surface area contributed by atoms with Crippen molar-refractivity contribution in [1.29, 1.82) is 0 Å². The van der Waals surface area contributed by atoms with E-state index in [4.69, 9.17) is 9.47 Å². The first-order valence-electron chi connectivity index (χ1n) is 6.76. The zero-order valence-electron chi connectivity index (χ0n) is 11.5. The summed E-state index contributed by atoms with van der Waals surface area (Å²) < 4.78 is 11.1. The summed E-state index contributed by atoms with van der Waals surface area (Å²) in [6, 6.07) is 10.4. The molecule has 0 saturated heterocycles. The summed E-state index contributed by atoms with van der Waals surface area (Å²) >= 11 is 0. The van der Waals surface area contributed by atoms with Gasteiger partial charge in [-0.15, -0.1) is 0 Å². The van der Waals surface area contributed by atoms with Crippen molar-refractivity contribution in [1.82, 2.24) is 5.32 Å². The van der Waals surface area contributed by atoms with Gasteiger partial charge in [0.05, 0.1) is 6.61 Å². The first-order valence-corrected chi connectivity index (χ1v) is 6.76. The number of unbranched alkanes of at least 4 members (excludes halogenated alkanes) is 1. The van der Waals surface area contributed by atoms with Crippen molar-refractivity contribution in [3.05, 3.63) is 30.3 Å². The highest BCUT2D eigenvalue weighted by Crippen LogP contribution is 2.07. The van der Waals surface area contributed by atoms with Crippen molar-refractivity contribution in [2.75, 3.05) is 26.9 Å². The lowest BCUT2D eigenvalue weighted by Gasteiger charge is -2.10. The van der Waals surface area contributed by atoms with Gasteiger partial charge < -0.3 is 14.8 Å². The van der Waals surface area contributed by atoms with Crippen LogP contribution in [0, 0.1) is 0 Å². The number of benzene rings is 1. The second-order valence-corrected chi connectivity index (χ2v) is 4.46. The second kappa shape index (κ2) is 9.92. The highest BCUT2D eigenvalue weighted by molar-refractivity contribution is 5.20. The van der Waals surface area contributed by atoms with Gasteiger partial charge in [0.25, 0.3) is 0 Å². The lowest BCUT2D eigenvalue weighted by atomic mass is 10.1. The molecule has 0 saturated carbocycles. The molecule has 102 valence electrons. The van der Waals surface area contributed by atoms with E-state index in [1.165, 1.54) is 12.8 Å². The highest BCUT2D eigenvalue weighted by Gasteiger charge is 1.97. The third kappa shape index (κ3) is 7.30. The van der Waals surface area contributed by atoms with Gasteiger partial charge in [0.1, 0.15) is 12.4 Å². The Kier molecular flexibility index (Phi) is 8.26. The molecule has 1 aromatic carbocycles. The Balaban J connectivity index is 1.87. The average molecular weight is 251 g/mol. The first-order chi connectivity index (χ1) is 8.83. The lowest BCUT2D eigenvalue weighted by Crippen LogP contribution is -2.20. The van der Waals surface area contributed by atoms with Crippen LogP contribution in [-0.4, -0.2) is 32.9 Å². The molecule has 0 heterocycles. The van der Waals surface area contributed by atoms with E-state index in [9.17, 15) is 0 Å². The van der Waals surface area contributed by atoms with E-state index >= 15 is 0 Å². The van der Waals surface area contributed by atoms with Gasteiger partial charge in [-0.1, -0.05) is 18.2 Å². The number of ether oxygens (including phenoxy) is 2. The van der Waals surface area contributed by atoms with Gasteiger partial charge in [-0.2, -0.15) is 0 Å². The predicted octanol–water partition coefficient (Wildman–Crippen LogP) is 2.86. The fourth-order valence-electron chi connectivity index (χ4n) is 1.64. The Labute approximate surface area is 110 Å². The normalized spacial score (nSPS) is 12.3. The van der Waals surface area contributed by atoms with Crippen molar-refractivity contribution in [2.24, 2.45) is 0 Å². The molecule has 0 amide bonds. The molecule has 0 bridgehead atoms. The Hall–Kier alpha value is -1.06. The Bertz CT molecular complexity index is 290. The third-order valence-corrected chi connectivity index (χ3v) is 2.91. The number of hydrogen-bond donors (Lipinski definition) is 1.